The van der Waals surface area contributed by atoms with E-state index in [4.69, 9.17) is 0 Å². The molecule has 0 atom stereocenters. The lowest BCUT2D eigenvalue weighted by molar-refractivity contribution is -0.117. The van der Waals surface area contributed by atoms with Gasteiger partial charge in [-0.15, -0.1) is 0 Å². The second-order valence-electron chi connectivity index (χ2n) is 6.70. The fraction of sp³-hybridized carbons (Fsp3) is 0.474. The van der Waals surface area contributed by atoms with E-state index in [0.29, 0.717) is 18.7 Å². The number of aromatic nitrogens is 3. The maximum Gasteiger partial charge on any atom is 0.238 e. The Labute approximate surface area is 153 Å². The van der Waals surface area contributed by atoms with Crippen molar-refractivity contribution < 1.29 is 4.79 Å². The van der Waals surface area contributed by atoms with Crippen LogP contribution in [0.5, 0.6) is 0 Å². The zero-order chi connectivity index (χ0) is 18.8. The summed E-state index contributed by atoms with van der Waals surface area (Å²) in [6.45, 7) is 10.2. The summed E-state index contributed by atoms with van der Waals surface area (Å²) in [5, 5.41) is 16.8. The minimum Gasteiger partial charge on any atom is -0.322 e. The number of fused-ring (bicyclic) bond motifs is 1. The molecule has 0 bridgehead atoms. The fourth-order valence-electron chi connectivity index (χ4n) is 3.56. The molecule has 0 saturated carbocycles. The zero-order valence-corrected chi connectivity index (χ0v) is 15.8. The Balaban J connectivity index is 1.69. The first-order valence-corrected chi connectivity index (χ1v) is 8.88. The van der Waals surface area contributed by atoms with Gasteiger partial charge in [0.25, 0.3) is 0 Å². The zero-order valence-electron chi connectivity index (χ0n) is 15.8. The van der Waals surface area contributed by atoms with Gasteiger partial charge < -0.3 is 5.32 Å². The Hall–Kier alpha value is -2.72. The van der Waals surface area contributed by atoms with Crippen LogP contribution in [0.4, 0.5) is 5.69 Å². The lowest BCUT2D eigenvalue weighted by Gasteiger charge is -2.28. The fourth-order valence-corrected chi connectivity index (χ4v) is 3.56. The molecule has 0 radical (unpaired) electrons. The summed E-state index contributed by atoms with van der Waals surface area (Å²) in [7, 11) is 0. The third kappa shape index (κ3) is 3.33. The second-order valence-corrected chi connectivity index (χ2v) is 6.70. The molecule has 2 aromatic rings. The molecular weight excluding hydrogens is 328 g/mol. The number of rotatable bonds is 4. The van der Waals surface area contributed by atoms with Gasteiger partial charge in [0.05, 0.1) is 34.9 Å². The van der Waals surface area contributed by atoms with Crippen molar-refractivity contribution in [3.63, 3.8) is 0 Å². The van der Waals surface area contributed by atoms with Crippen molar-refractivity contribution in [2.75, 3.05) is 18.4 Å². The maximum atomic E-state index is 12.5. The third-order valence-electron chi connectivity index (χ3n) is 4.96. The average molecular weight is 352 g/mol. The van der Waals surface area contributed by atoms with Crippen LogP contribution in [-0.2, 0) is 24.3 Å². The number of carbonyl (C=O) groups is 1. The van der Waals surface area contributed by atoms with E-state index in [1.54, 1.807) is 0 Å². The van der Waals surface area contributed by atoms with Gasteiger partial charge >= 0.3 is 0 Å². The highest BCUT2D eigenvalue weighted by atomic mass is 16.2. The highest BCUT2D eigenvalue weighted by Gasteiger charge is 2.23. The van der Waals surface area contributed by atoms with Crippen LogP contribution >= 0.6 is 0 Å². The number of nitriles is 1. The standard InChI is InChI=1S/C19H24N6O/c1-5-25-14(4)19(13(3)23-25)22-18(26)11-24-7-6-16-15(10-24)9-21-12(2)17(16)8-20/h9H,5-7,10-11H2,1-4H3,(H,22,26). The minimum absolute atomic E-state index is 0.0455. The van der Waals surface area contributed by atoms with Crippen LogP contribution in [0.1, 0.15) is 40.7 Å². The largest absolute Gasteiger partial charge is 0.322 e. The lowest BCUT2D eigenvalue weighted by atomic mass is 9.96. The highest BCUT2D eigenvalue weighted by molar-refractivity contribution is 5.93. The minimum atomic E-state index is -0.0455. The molecule has 0 aromatic carbocycles. The Morgan fingerprint density at radius 3 is 2.77 bits per heavy atom. The average Bonchev–Trinajstić information content (AvgIpc) is 2.89. The molecule has 26 heavy (non-hydrogen) atoms. The molecule has 136 valence electrons. The van der Waals surface area contributed by atoms with Crippen LogP contribution in [-0.4, -0.2) is 38.7 Å². The van der Waals surface area contributed by atoms with Gasteiger partial charge in [0.1, 0.15) is 6.07 Å². The first-order chi connectivity index (χ1) is 12.4. The van der Waals surface area contributed by atoms with Crippen LogP contribution in [0.15, 0.2) is 6.20 Å². The first-order valence-electron chi connectivity index (χ1n) is 8.88. The van der Waals surface area contributed by atoms with Crippen molar-refractivity contribution in [2.45, 2.75) is 47.2 Å². The van der Waals surface area contributed by atoms with Gasteiger partial charge in [-0.1, -0.05) is 0 Å². The van der Waals surface area contributed by atoms with E-state index in [1.165, 1.54) is 0 Å². The molecule has 0 fully saturated rings. The molecule has 1 N–H and O–H groups in total. The van der Waals surface area contributed by atoms with Crippen LogP contribution in [0.2, 0.25) is 0 Å². The van der Waals surface area contributed by atoms with Crippen LogP contribution in [0.3, 0.4) is 0 Å². The highest BCUT2D eigenvalue weighted by Crippen LogP contribution is 2.24. The summed E-state index contributed by atoms with van der Waals surface area (Å²) in [5.74, 6) is -0.0455. The molecule has 0 unspecified atom stereocenters. The second kappa shape index (κ2) is 7.26. The van der Waals surface area contributed by atoms with Crippen LogP contribution in [0, 0.1) is 32.1 Å². The quantitative estimate of drug-likeness (QED) is 0.910. The molecule has 1 aliphatic heterocycles. The van der Waals surface area contributed by atoms with Gasteiger partial charge in [-0.05, 0) is 45.2 Å². The molecule has 7 nitrogen and oxygen atoms in total. The van der Waals surface area contributed by atoms with Gasteiger partial charge in [0.2, 0.25) is 5.91 Å². The lowest BCUT2D eigenvalue weighted by Crippen LogP contribution is -2.37. The normalized spacial score (nSPS) is 14.0. The number of hydrogen-bond acceptors (Lipinski definition) is 5. The Kier molecular flexibility index (Phi) is 5.05. The van der Waals surface area contributed by atoms with Crippen molar-refractivity contribution in [3.05, 3.63) is 40.0 Å². The number of aryl methyl sites for hydroxylation is 3. The molecule has 2 aromatic heterocycles. The van der Waals surface area contributed by atoms with Crippen molar-refractivity contribution in [1.82, 2.24) is 19.7 Å². The predicted octanol–water partition coefficient (Wildman–Crippen LogP) is 2.09. The predicted molar refractivity (Wildman–Crippen MR) is 98.7 cm³/mol. The van der Waals surface area contributed by atoms with E-state index >= 15 is 0 Å². The summed E-state index contributed by atoms with van der Waals surface area (Å²) in [6, 6.07) is 2.26. The molecule has 3 rings (SSSR count). The molecule has 0 aliphatic carbocycles. The molecule has 1 aliphatic rings. The van der Waals surface area contributed by atoms with Crippen molar-refractivity contribution >= 4 is 11.6 Å². The van der Waals surface area contributed by atoms with Gasteiger partial charge in [0, 0.05) is 25.8 Å². The van der Waals surface area contributed by atoms with Crippen LogP contribution in [0.25, 0.3) is 0 Å². The summed E-state index contributed by atoms with van der Waals surface area (Å²) in [5.41, 5.74) is 6.19. The van der Waals surface area contributed by atoms with E-state index in [1.807, 2.05) is 38.6 Å². The molecule has 1 amide bonds. The molecule has 0 spiro atoms. The smallest absolute Gasteiger partial charge is 0.238 e. The van der Waals surface area contributed by atoms with Crippen molar-refractivity contribution in [2.24, 2.45) is 0 Å². The summed E-state index contributed by atoms with van der Waals surface area (Å²) < 4.78 is 1.89. The summed E-state index contributed by atoms with van der Waals surface area (Å²) >= 11 is 0. The van der Waals surface area contributed by atoms with Crippen molar-refractivity contribution in [3.8, 4) is 6.07 Å². The topological polar surface area (TPSA) is 86.8 Å². The van der Waals surface area contributed by atoms with Crippen molar-refractivity contribution in [1.29, 1.82) is 5.26 Å². The van der Waals surface area contributed by atoms with Gasteiger partial charge in [0.15, 0.2) is 0 Å². The number of nitrogens with zero attached hydrogens (tertiary/aromatic N) is 5. The van der Waals surface area contributed by atoms with E-state index in [2.05, 4.69) is 26.4 Å². The summed E-state index contributed by atoms with van der Waals surface area (Å²) in [6.07, 6.45) is 2.59. The van der Waals surface area contributed by atoms with Gasteiger partial charge in [-0.2, -0.15) is 10.4 Å². The van der Waals surface area contributed by atoms with E-state index in [-0.39, 0.29) is 5.91 Å². The van der Waals surface area contributed by atoms with E-state index < -0.39 is 0 Å². The van der Waals surface area contributed by atoms with E-state index in [9.17, 15) is 10.1 Å². The summed E-state index contributed by atoms with van der Waals surface area (Å²) in [4.78, 5) is 18.9. The SMILES string of the molecule is CCn1nc(C)c(NC(=O)CN2CCc3c(cnc(C)c3C#N)C2)c1C. The van der Waals surface area contributed by atoms with E-state index in [0.717, 1.165) is 53.4 Å². The maximum absolute atomic E-state index is 12.5. The Morgan fingerprint density at radius 2 is 2.12 bits per heavy atom. The number of anilines is 1. The molecular formula is C19H24N6O. The molecule has 7 heteroatoms. The van der Waals surface area contributed by atoms with Gasteiger partial charge in [-0.25, -0.2) is 0 Å². The monoisotopic (exact) mass is 352 g/mol. The Morgan fingerprint density at radius 1 is 1.35 bits per heavy atom. The number of hydrogen-bond donors (Lipinski definition) is 1. The molecule has 0 saturated heterocycles. The number of carbonyl (C=O) groups excluding carboxylic acids is 1. The van der Waals surface area contributed by atoms with Gasteiger partial charge in [-0.3, -0.25) is 19.4 Å². The van der Waals surface area contributed by atoms with Crippen LogP contribution < -0.4 is 5.32 Å². The number of pyridine rings is 1. The first kappa shape index (κ1) is 18.1. The Bertz CT molecular complexity index is 892. The number of nitrogens with one attached hydrogen (secondary N) is 1. The molecule has 3 heterocycles. The number of amides is 1. The third-order valence-corrected chi connectivity index (χ3v) is 4.96.